The Hall–Kier alpha value is -1.69. The number of aliphatic carboxylic acids is 1. The number of carbonyl (C=O) groups excluding carboxylic acids is 1. The number of benzene rings is 1. The van der Waals surface area contributed by atoms with E-state index in [4.69, 9.17) is 0 Å². The van der Waals surface area contributed by atoms with Crippen LogP contribution < -0.4 is 5.32 Å². The molecule has 2 unspecified atom stereocenters. The van der Waals surface area contributed by atoms with Gasteiger partial charge in [-0.3, -0.25) is 0 Å². The number of amides is 2. The van der Waals surface area contributed by atoms with Gasteiger partial charge in [0.15, 0.2) is 5.54 Å². The minimum Gasteiger partial charge on any atom is -0.479 e. The SMILES string of the molecule is CSCC(C)N(C)C(=O)NC(C)(C(=O)O)c1ccccc1. The van der Waals surface area contributed by atoms with E-state index in [1.165, 1.54) is 11.8 Å². The maximum Gasteiger partial charge on any atom is 0.333 e. The van der Waals surface area contributed by atoms with Crippen LogP contribution in [0.1, 0.15) is 19.4 Å². The van der Waals surface area contributed by atoms with Gasteiger partial charge >= 0.3 is 12.0 Å². The average molecular weight is 310 g/mol. The Balaban J connectivity index is 2.94. The molecule has 1 aromatic rings. The average Bonchev–Trinajstić information content (AvgIpc) is 2.47. The van der Waals surface area contributed by atoms with E-state index in [-0.39, 0.29) is 6.04 Å². The molecular weight excluding hydrogens is 288 g/mol. The second-order valence-corrected chi connectivity index (χ2v) is 6.05. The molecule has 21 heavy (non-hydrogen) atoms. The molecule has 2 N–H and O–H groups in total. The van der Waals surface area contributed by atoms with Crippen LogP contribution >= 0.6 is 11.8 Å². The first kappa shape index (κ1) is 17.4. The summed E-state index contributed by atoms with van der Waals surface area (Å²) in [5.41, 5.74) is -0.914. The van der Waals surface area contributed by atoms with Gasteiger partial charge in [-0.15, -0.1) is 0 Å². The van der Waals surface area contributed by atoms with Crippen molar-refractivity contribution in [2.45, 2.75) is 25.4 Å². The summed E-state index contributed by atoms with van der Waals surface area (Å²) in [6.45, 7) is 3.42. The number of nitrogens with one attached hydrogen (secondary N) is 1. The summed E-state index contributed by atoms with van der Waals surface area (Å²) in [5, 5.41) is 12.1. The van der Waals surface area contributed by atoms with Crippen molar-refractivity contribution < 1.29 is 14.7 Å². The Labute approximate surface area is 129 Å². The molecule has 0 saturated carbocycles. The fourth-order valence-corrected chi connectivity index (χ4v) is 2.58. The molecule has 0 spiro atoms. The molecule has 2 amide bonds. The van der Waals surface area contributed by atoms with Gasteiger partial charge in [0.1, 0.15) is 0 Å². The summed E-state index contributed by atoms with van der Waals surface area (Å²) in [4.78, 5) is 25.5. The molecule has 1 rings (SSSR count). The van der Waals surface area contributed by atoms with Crippen LogP contribution in [0.2, 0.25) is 0 Å². The van der Waals surface area contributed by atoms with Crippen molar-refractivity contribution in [1.82, 2.24) is 10.2 Å². The summed E-state index contributed by atoms with van der Waals surface area (Å²) in [7, 11) is 1.67. The predicted octanol–water partition coefficient (Wildman–Crippen LogP) is 2.38. The Kier molecular flexibility index (Phi) is 6.08. The summed E-state index contributed by atoms with van der Waals surface area (Å²) >= 11 is 1.64. The van der Waals surface area contributed by atoms with Crippen molar-refractivity contribution in [1.29, 1.82) is 0 Å². The molecule has 0 aliphatic carbocycles. The minimum atomic E-state index is -1.45. The minimum absolute atomic E-state index is 0.0221. The zero-order valence-electron chi connectivity index (χ0n) is 12.8. The smallest absolute Gasteiger partial charge is 0.333 e. The molecule has 0 aromatic heterocycles. The van der Waals surface area contributed by atoms with Crippen LogP contribution in [0.25, 0.3) is 0 Å². The normalized spacial score (nSPS) is 14.9. The number of hydrogen-bond donors (Lipinski definition) is 2. The van der Waals surface area contributed by atoms with Crippen molar-refractivity contribution in [2.75, 3.05) is 19.1 Å². The summed E-state index contributed by atoms with van der Waals surface area (Å²) in [6.07, 6.45) is 1.97. The van der Waals surface area contributed by atoms with E-state index in [1.54, 1.807) is 49.1 Å². The van der Waals surface area contributed by atoms with Gasteiger partial charge in [0.2, 0.25) is 0 Å². The van der Waals surface area contributed by atoms with E-state index < -0.39 is 17.5 Å². The standard InChI is InChI=1S/C15H22N2O3S/c1-11(10-21-4)17(3)14(20)16-15(2,13(18)19)12-8-6-5-7-9-12/h5-9,11H,10H2,1-4H3,(H,16,20)(H,18,19). The Morgan fingerprint density at radius 3 is 2.43 bits per heavy atom. The number of hydrogen-bond acceptors (Lipinski definition) is 3. The Morgan fingerprint density at radius 2 is 1.95 bits per heavy atom. The molecule has 0 heterocycles. The largest absolute Gasteiger partial charge is 0.479 e. The van der Waals surface area contributed by atoms with Crippen molar-refractivity contribution in [3.8, 4) is 0 Å². The van der Waals surface area contributed by atoms with Gasteiger partial charge in [0, 0.05) is 18.8 Å². The van der Waals surface area contributed by atoms with Crippen LogP contribution in [-0.4, -0.2) is 47.1 Å². The predicted molar refractivity (Wildman–Crippen MR) is 85.6 cm³/mol. The monoisotopic (exact) mass is 310 g/mol. The molecule has 0 fully saturated rings. The van der Waals surface area contributed by atoms with Gasteiger partial charge in [-0.05, 0) is 25.7 Å². The summed E-state index contributed by atoms with van der Waals surface area (Å²) in [6, 6.07) is 8.32. The number of urea groups is 1. The second-order valence-electron chi connectivity index (χ2n) is 5.14. The molecule has 5 nitrogen and oxygen atoms in total. The van der Waals surface area contributed by atoms with Gasteiger partial charge in [-0.1, -0.05) is 30.3 Å². The molecule has 1 aromatic carbocycles. The van der Waals surface area contributed by atoms with Crippen LogP contribution in [0.3, 0.4) is 0 Å². The molecular formula is C15H22N2O3S. The number of thioether (sulfide) groups is 1. The van der Waals surface area contributed by atoms with Gasteiger partial charge in [0.25, 0.3) is 0 Å². The van der Waals surface area contributed by atoms with Crippen molar-refractivity contribution in [2.24, 2.45) is 0 Å². The molecule has 0 bridgehead atoms. The first-order valence-corrected chi connectivity index (χ1v) is 8.05. The van der Waals surface area contributed by atoms with Crippen molar-refractivity contribution in [3.63, 3.8) is 0 Å². The molecule has 116 valence electrons. The lowest BCUT2D eigenvalue weighted by atomic mass is 9.92. The van der Waals surface area contributed by atoms with E-state index in [2.05, 4.69) is 5.32 Å². The van der Waals surface area contributed by atoms with Crippen LogP contribution in [0.4, 0.5) is 4.79 Å². The maximum absolute atomic E-state index is 12.3. The lowest BCUT2D eigenvalue weighted by molar-refractivity contribution is -0.144. The highest BCUT2D eigenvalue weighted by Gasteiger charge is 2.37. The number of carboxylic acids is 1. The Bertz CT molecular complexity index is 495. The first-order chi connectivity index (χ1) is 9.82. The van der Waals surface area contributed by atoms with Crippen molar-refractivity contribution in [3.05, 3.63) is 35.9 Å². The first-order valence-electron chi connectivity index (χ1n) is 6.65. The number of carboxylic acid groups (broad SMARTS) is 1. The number of carbonyl (C=O) groups is 2. The lowest BCUT2D eigenvalue weighted by Crippen LogP contribution is -2.55. The topological polar surface area (TPSA) is 69.6 Å². The molecule has 2 atom stereocenters. The molecule has 0 aliphatic rings. The second kappa shape index (κ2) is 7.36. The van der Waals surface area contributed by atoms with Gasteiger partial charge in [0.05, 0.1) is 0 Å². The van der Waals surface area contributed by atoms with E-state index >= 15 is 0 Å². The lowest BCUT2D eigenvalue weighted by Gasteiger charge is -2.31. The van der Waals surface area contributed by atoms with Gasteiger partial charge in [-0.2, -0.15) is 11.8 Å². The molecule has 6 heteroatoms. The molecule has 0 aliphatic heterocycles. The third-order valence-electron chi connectivity index (χ3n) is 3.53. The maximum atomic E-state index is 12.3. The zero-order valence-corrected chi connectivity index (χ0v) is 13.6. The number of nitrogens with zero attached hydrogens (tertiary/aromatic N) is 1. The van der Waals surface area contributed by atoms with Crippen LogP contribution in [0.15, 0.2) is 30.3 Å². The van der Waals surface area contributed by atoms with E-state index in [9.17, 15) is 14.7 Å². The third-order valence-corrected chi connectivity index (χ3v) is 4.34. The molecule has 0 radical (unpaired) electrons. The number of rotatable bonds is 6. The summed E-state index contributed by atoms with van der Waals surface area (Å²) in [5.74, 6) is -0.299. The van der Waals surface area contributed by atoms with Crippen LogP contribution in [0, 0.1) is 0 Å². The molecule has 0 saturated heterocycles. The van der Waals surface area contributed by atoms with E-state index in [1.807, 2.05) is 13.2 Å². The van der Waals surface area contributed by atoms with Gasteiger partial charge < -0.3 is 15.3 Å². The quantitative estimate of drug-likeness (QED) is 0.846. The third kappa shape index (κ3) is 4.14. The van der Waals surface area contributed by atoms with Crippen LogP contribution in [0.5, 0.6) is 0 Å². The fraction of sp³-hybridized carbons (Fsp3) is 0.467. The zero-order chi connectivity index (χ0) is 16.0. The Morgan fingerprint density at radius 1 is 1.38 bits per heavy atom. The highest BCUT2D eigenvalue weighted by atomic mass is 32.2. The fourth-order valence-electron chi connectivity index (χ4n) is 1.88. The van der Waals surface area contributed by atoms with E-state index in [0.29, 0.717) is 5.56 Å². The van der Waals surface area contributed by atoms with Crippen molar-refractivity contribution >= 4 is 23.8 Å². The van der Waals surface area contributed by atoms with Crippen LogP contribution in [-0.2, 0) is 10.3 Å². The summed E-state index contributed by atoms with van der Waals surface area (Å²) < 4.78 is 0. The highest BCUT2D eigenvalue weighted by Crippen LogP contribution is 2.21. The van der Waals surface area contributed by atoms with Gasteiger partial charge in [-0.25, -0.2) is 9.59 Å². The van der Waals surface area contributed by atoms with E-state index in [0.717, 1.165) is 5.75 Å². The highest BCUT2D eigenvalue weighted by molar-refractivity contribution is 7.98.